The van der Waals surface area contributed by atoms with Crippen LogP contribution in [0.1, 0.15) is 16.7 Å². The number of aromatic nitrogens is 2. The van der Waals surface area contributed by atoms with E-state index in [0.717, 1.165) is 43.3 Å². The standard InChI is InChI=1S/C17H16N4OS/c1-8-4-5-12-15(10(8)3)22-16(19-12)21-17-20-14-9(2)6-11(18)7-13(14)23-17/h4-7H,18H2,1-3H3,(H,19,20,21). The fourth-order valence-corrected chi connectivity index (χ4v) is 3.63. The molecule has 3 N–H and O–H groups in total. The SMILES string of the molecule is Cc1ccc2nc(Nc3nc4c(C)cc(N)cc4s3)oc2c1C. The predicted octanol–water partition coefficient (Wildman–Crippen LogP) is 4.69. The van der Waals surface area contributed by atoms with Crippen molar-refractivity contribution in [2.45, 2.75) is 20.8 Å². The van der Waals surface area contributed by atoms with E-state index < -0.39 is 0 Å². The van der Waals surface area contributed by atoms with Crippen molar-refractivity contribution >= 4 is 49.5 Å². The third-order valence-electron chi connectivity index (χ3n) is 4.00. The number of hydrogen-bond donors (Lipinski definition) is 2. The molecule has 0 radical (unpaired) electrons. The van der Waals surface area contributed by atoms with Crippen LogP contribution in [0.15, 0.2) is 28.7 Å². The summed E-state index contributed by atoms with van der Waals surface area (Å²) in [6.45, 7) is 6.11. The third-order valence-corrected chi connectivity index (χ3v) is 4.92. The molecule has 6 heteroatoms. The van der Waals surface area contributed by atoms with E-state index in [-0.39, 0.29) is 0 Å². The van der Waals surface area contributed by atoms with Gasteiger partial charge in [-0.3, -0.25) is 5.32 Å². The second kappa shape index (κ2) is 4.96. The molecule has 0 spiro atoms. The maximum Gasteiger partial charge on any atom is 0.302 e. The van der Waals surface area contributed by atoms with Gasteiger partial charge in [0.05, 0.1) is 10.2 Å². The maximum atomic E-state index is 5.90. The summed E-state index contributed by atoms with van der Waals surface area (Å²) in [6, 6.07) is 8.34. The van der Waals surface area contributed by atoms with E-state index >= 15 is 0 Å². The number of benzene rings is 2. The third kappa shape index (κ3) is 2.31. The first-order valence-electron chi connectivity index (χ1n) is 7.31. The second-order valence-electron chi connectivity index (χ2n) is 5.70. The number of rotatable bonds is 2. The average Bonchev–Trinajstić information content (AvgIpc) is 3.07. The Balaban J connectivity index is 1.76. The van der Waals surface area contributed by atoms with Gasteiger partial charge < -0.3 is 10.2 Å². The number of fused-ring (bicyclic) bond motifs is 2. The van der Waals surface area contributed by atoms with Crippen LogP contribution in [0.2, 0.25) is 0 Å². The van der Waals surface area contributed by atoms with Crippen LogP contribution >= 0.6 is 11.3 Å². The van der Waals surface area contributed by atoms with Gasteiger partial charge in [0.2, 0.25) is 0 Å². The topological polar surface area (TPSA) is 77.0 Å². The summed E-state index contributed by atoms with van der Waals surface area (Å²) in [5.41, 5.74) is 12.6. The molecular formula is C17H16N4OS. The summed E-state index contributed by atoms with van der Waals surface area (Å²) in [5, 5.41) is 3.91. The van der Waals surface area contributed by atoms with Gasteiger partial charge in [0.15, 0.2) is 10.7 Å². The van der Waals surface area contributed by atoms with Crippen molar-refractivity contribution in [3.05, 3.63) is 41.0 Å². The van der Waals surface area contributed by atoms with E-state index in [9.17, 15) is 0 Å². The van der Waals surface area contributed by atoms with Crippen molar-refractivity contribution in [3.63, 3.8) is 0 Å². The summed E-state index contributed by atoms with van der Waals surface area (Å²) in [4.78, 5) is 9.09. The molecule has 0 fully saturated rings. The van der Waals surface area contributed by atoms with Crippen molar-refractivity contribution in [3.8, 4) is 0 Å². The molecule has 2 aromatic carbocycles. The highest BCUT2D eigenvalue weighted by Crippen LogP contribution is 2.33. The molecule has 0 aliphatic carbocycles. The van der Waals surface area contributed by atoms with Crippen LogP contribution in [0.25, 0.3) is 21.3 Å². The molecular weight excluding hydrogens is 308 g/mol. The summed E-state index contributed by atoms with van der Waals surface area (Å²) >= 11 is 1.54. The summed E-state index contributed by atoms with van der Waals surface area (Å²) in [7, 11) is 0. The first-order valence-corrected chi connectivity index (χ1v) is 8.13. The van der Waals surface area contributed by atoms with Gasteiger partial charge in [-0.15, -0.1) is 0 Å². The Hall–Kier alpha value is -2.60. The number of anilines is 3. The normalized spacial score (nSPS) is 11.4. The molecule has 0 aliphatic rings. The Kier molecular flexibility index (Phi) is 3.02. The highest BCUT2D eigenvalue weighted by atomic mass is 32.1. The lowest BCUT2D eigenvalue weighted by atomic mass is 10.1. The molecule has 0 bridgehead atoms. The van der Waals surface area contributed by atoms with Crippen molar-refractivity contribution in [2.24, 2.45) is 0 Å². The lowest BCUT2D eigenvalue weighted by molar-refractivity contribution is 0.620. The van der Waals surface area contributed by atoms with Gasteiger partial charge in [-0.2, -0.15) is 4.98 Å². The van der Waals surface area contributed by atoms with E-state index in [4.69, 9.17) is 10.2 Å². The maximum absolute atomic E-state index is 5.90. The fraction of sp³-hybridized carbons (Fsp3) is 0.176. The predicted molar refractivity (Wildman–Crippen MR) is 95.5 cm³/mol. The van der Waals surface area contributed by atoms with E-state index in [1.807, 2.05) is 38.1 Å². The number of thiazole rings is 1. The monoisotopic (exact) mass is 324 g/mol. The molecule has 0 saturated heterocycles. The number of nitrogens with zero attached hydrogens (tertiary/aromatic N) is 2. The summed E-state index contributed by atoms with van der Waals surface area (Å²) in [6.07, 6.45) is 0. The van der Waals surface area contributed by atoms with Crippen LogP contribution in [-0.4, -0.2) is 9.97 Å². The molecule has 23 heavy (non-hydrogen) atoms. The van der Waals surface area contributed by atoms with Crippen LogP contribution < -0.4 is 11.1 Å². The van der Waals surface area contributed by atoms with Crippen LogP contribution in [0.3, 0.4) is 0 Å². The van der Waals surface area contributed by atoms with Gasteiger partial charge in [0.25, 0.3) is 0 Å². The molecule has 0 amide bonds. The molecule has 4 rings (SSSR count). The van der Waals surface area contributed by atoms with E-state index in [1.165, 1.54) is 16.9 Å². The lowest BCUT2D eigenvalue weighted by Gasteiger charge is -1.97. The van der Waals surface area contributed by atoms with E-state index in [0.29, 0.717) is 6.01 Å². The number of nitrogens with one attached hydrogen (secondary N) is 1. The zero-order valence-electron chi connectivity index (χ0n) is 13.1. The minimum Gasteiger partial charge on any atom is -0.423 e. The highest BCUT2D eigenvalue weighted by Gasteiger charge is 2.12. The van der Waals surface area contributed by atoms with E-state index in [1.54, 1.807) is 0 Å². The van der Waals surface area contributed by atoms with Gasteiger partial charge in [0.1, 0.15) is 5.52 Å². The minimum atomic E-state index is 0.457. The van der Waals surface area contributed by atoms with Gasteiger partial charge in [-0.25, -0.2) is 4.98 Å². The van der Waals surface area contributed by atoms with Crippen molar-refractivity contribution in [2.75, 3.05) is 11.1 Å². The number of nitrogen functional groups attached to an aromatic ring is 1. The smallest absolute Gasteiger partial charge is 0.302 e. The van der Waals surface area contributed by atoms with E-state index in [2.05, 4.69) is 22.2 Å². The Morgan fingerprint density at radius 2 is 1.91 bits per heavy atom. The highest BCUT2D eigenvalue weighted by molar-refractivity contribution is 7.22. The van der Waals surface area contributed by atoms with Crippen LogP contribution in [-0.2, 0) is 0 Å². The van der Waals surface area contributed by atoms with Crippen LogP contribution in [0.4, 0.5) is 16.8 Å². The van der Waals surface area contributed by atoms with Gasteiger partial charge in [-0.05, 0) is 55.7 Å². The number of hydrogen-bond acceptors (Lipinski definition) is 6. The van der Waals surface area contributed by atoms with Crippen molar-refractivity contribution in [1.29, 1.82) is 0 Å². The first kappa shape index (κ1) is 14.0. The Labute approximate surface area is 137 Å². The zero-order chi connectivity index (χ0) is 16.1. The minimum absolute atomic E-state index is 0.457. The molecule has 116 valence electrons. The molecule has 4 aromatic rings. The lowest BCUT2D eigenvalue weighted by Crippen LogP contribution is -1.89. The van der Waals surface area contributed by atoms with Gasteiger partial charge >= 0.3 is 6.01 Å². The van der Waals surface area contributed by atoms with Gasteiger partial charge in [0, 0.05) is 5.69 Å². The molecule has 2 heterocycles. The van der Waals surface area contributed by atoms with Crippen molar-refractivity contribution in [1.82, 2.24) is 9.97 Å². The number of oxazole rings is 1. The average molecular weight is 324 g/mol. The Morgan fingerprint density at radius 1 is 1.09 bits per heavy atom. The van der Waals surface area contributed by atoms with Crippen molar-refractivity contribution < 1.29 is 4.42 Å². The Morgan fingerprint density at radius 3 is 2.74 bits per heavy atom. The molecule has 5 nitrogen and oxygen atoms in total. The molecule has 0 atom stereocenters. The molecule has 0 saturated carbocycles. The quantitative estimate of drug-likeness (QED) is 0.523. The summed E-state index contributed by atoms with van der Waals surface area (Å²) < 4.78 is 6.90. The molecule has 0 aliphatic heterocycles. The number of aryl methyl sites for hydroxylation is 3. The van der Waals surface area contributed by atoms with Crippen LogP contribution in [0.5, 0.6) is 0 Å². The van der Waals surface area contributed by atoms with Crippen LogP contribution in [0, 0.1) is 20.8 Å². The molecule has 0 unspecified atom stereocenters. The molecule has 2 aromatic heterocycles. The fourth-order valence-electron chi connectivity index (χ4n) is 2.64. The number of nitrogens with two attached hydrogens (primary N) is 1. The van der Waals surface area contributed by atoms with Gasteiger partial charge in [-0.1, -0.05) is 17.4 Å². The second-order valence-corrected chi connectivity index (χ2v) is 6.73. The zero-order valence-corrected chi connectivity index (χ0v) is 13.9. The largest absolute Gasteiger partial charge is 0.423 e. The Bertz CT molecular complexity index is 1050. The first-order chi connectivity index (χ1) is 11.0. The summed E-state index contributed by atoms with van der Waals surface area (Å²) in [5.74, 6) is 0.